The van der Waals surface area contributed by atoms with Crippen LogP contribution >= 0.6 is 11.6 Å². The molecule has 5 rings (SSSR count). The summed E-state index contributed by atoms with van der Waals surface area (Å²) in [5, 5.41) is 9.60. The highest BCUT2D eigenvalue weighted by Crippen LogP contribution is 2.38. The lowest BCUT2D eigenvalue weighted by Gasteiger charge is -2.22. The van der Waals surface area contributed by atoms with E-state index in [0.29, 0.717) is 16.2 Å². The number of hydrogen-bond acceptors (Lipinski definition) is 5. The fraction of sp³-hybridized carbons (Fsp3) is 0.292. The molecule has 1 aromatic carbocycles. The number of rotatable bonds is 6. The van der Waals surface area contributed by atoms with Crippen LogP contribution in [0.25, 0.3) is 27.5 Å². The van der Waals surface area contributed by atoms with Gasteiger partial charge in [0.25, 0.3) is 5.56 Å². The predicted molar refractivity (Wildman–Crippen MR) is 130 cm³/mol. The molecule has 7 nitrogen and oxygen atoms in total. The van der Waals surface area contributed by atoms with E-state index in [4.69, 9.17) is 11.6 Å². The lowest BCUT2D eigenvalue weighted by atomic mass is 10.1. The monoisotopic (exact) mass is 448 g/mol. The van der Waals surface area contributed by atoms with Gasteiger partial charge in [-0.3, -0.25) is 4.79 Å². The molecule has 0 radical (unpaired) electrons. The SMILES string of the molecule is C/C=C(/NC)c1c[nH]c2ncnc(N[C@@H](C)c3cc4cccc(Cl)c4c(=O)n3C3CC3)c12. The van der Waals surface area contributed by atoms with Crippen LogP contribution in [0, 0.1) is 0 Å². The summed E-state index contributed by atoms with van der Waals surface area (Å²) in [5.74, 6) is 0.717. The van der Waals surface area contributed by atoms with Gasteiger partial charge in [0.15, 0.2) is 0 Å². The van der Waals surface area contributed by atoms with E-state index in [2.05, 4.69) is 38.6 Å². The van der Waals surface area contributed by atoms with Gasteiger partial charge in [-0.05, 0) is 44.2 Å². The minimum absolute atomic E-state index is 0.0270. The maximum Gasteiger partial charge on any atom is 0.260 e. The Balaban J connectivity index is 1.63. The van der Waals surface area contributed by atoms with Gasteiger partial charge in [0.1, 0.15) is 17.8 Å². The largest absolute Gasteiger partial charge is 0.388 e. The number of aromatic nitrogens is 4. The Morgan fingerprint density at radius 2 is 2.12 bits per heavy atom. The molecular weight excluding hydrogens is 424 g/mol. The summed E-state index contributed by atoms with van der Waals surface area (Å²) >= 11 is 6.39. The number of nitrogens with one attached hydrogen (secondary N) is 3. The van der Waals surface area contributed by atoms with Crippen molar-refractivity contribution in [3.63, 3.8) is 0 Å². The second-order valence-corrected chi connectivity index (χ2v) is 8.55. The van der Waals surface area contributed by atoms with Crippen LogP contribution in [0.5, 0.6) is 0 Å². The molecule has 0 aliphatic heterocycles. The number of nitrogens with zero attached hydrogens (tertiary/aromatic N) is 3. The minimum atomic E-state index is -0.156. The van der Waals surface area contributed by atoms with Crippen molar-refractivity contribution in [1.82, 2.24) is 24.8 Å². The van der Waals surface area contributed by atoms with Crippen LogP contribution in [0.15, 0.2) is 47.7 Å². The first-order valence-corrected chi connectivity index (χ1v) is 11.2. The molecule has 1 atom stereocenters. The van der Waals surface area contributed by atoms with E-state index in [1.807, 2.05) is 42.9 Å². The zero-order valence-electron chi connectivity index (χ0n) is 18.2. The van der Waals surface area contributed by atoms with Crippen molar-refractivity contribution in [2.75, 3.05) is 12.4 Å². The van der Waals surface area contributed by atoms with Gasteiger partial charge in [0.05, 0.1) is 21.8 Å². The number of benzene rings is 1. The molecule has 3 N–H and O–H groups in total. The third-order valence-electron chi connectivity index (χ3n) is 6.09. The van der Waals surface area contributed by atoms with Crippen LogP contribution in [0.4, 0.5) is 5.82 Å². The molecule has 0 bridgehead atoms. The molecule has 4 aromatic rings. The molecule has 3 heterocycles. The summed E-state index contributed by atoms with van der Waals surface area (Å²) in [6.45, 7) is 4.04. The van der Waals surface area contributed by atoms with Crippen LogP contribution in [-0.4, -0.2) is 26.6 Å². The molecule has 0 amide bonds. The van der Waals surface area contributed by atoms with E-state index in [0.717, 1.165) is 46.2 Å². The van der Waals surface area contributed by atoms with E-state index in [1.165, 1.54) is 0 Å². The molecule has 1 fully saturated rings. The molecule has 3 aromatic heterocycles. The Hall–Kier alpha value is -3.32. The highest BCUT2D eigenvalue weighted by Gasteiger charge is 2.30. The average molecular weight is 449 g/mol. The fourth-order valence-corrected chi connectivity index (χ4v) is 4.66. The van der Waals surface area contributed by atoms with Crippen molar-refractivity contribution in [1.29, 1.82) is 0 Å². The summed E-state index contributed by atoms with van der Waals surface area (Å²) in [6.07, 6.45) is 7.49. The van der Waals surface area contributed by atoms with Gasteiger partial charge in [0, 0.05) is 36.2 Å². The summed E-state index contributed by atoms with van der Waals surface area (Å²) in [5.41, 5.74) is 3.63. The fourth-order valence-electron chi connectivity index (χ4n) is 4.39. The summed E-state index contributed by atoms with van der Waals surface area (Å²) < 4.78 is 1.91. The van der Waals surface area contributed by atoms with E-state index in [1.54, 1.807) is 12.4 Å². The van der Waals surface area contributed by atoms with E-state index < -0.39 is 0 Å². The van der Waals surface area contributed by atoms with E-state index in [9.17, 15) is 4.79 Å². The highest BCUT2D eigenvalue weighted by atomic mass is 35.5. The second-order valence-electron chi connectivity index (χ2n) is 8.15. The normalized spacial score (nSPS) is 15.3. The molecule has 0 saturated heterocycles. The molecule has 1 saturated carbocycles. The first kappa shape index (κ1) is 20.6. The molecule has 164 valence electrons. The zero-order valence-corrected chi connectivity index (χ0v) is 19.0. The number of H-pyrrole nitrogens is 1. The Morgan fingerprint density at radius 3 is 2.84 bits per heavy atom. The Morgan fingerprint density at radius 1 is 1.31 bits per heavy atom. The van der Waals surface area contributed by atoms with Gasteiger partial charge in [-0.2, -0.15) is 0 Å². The van der Waals surface area contributed by atoms with E-state index in [-0.39, 0.29) is 17.6 Å². The lowest BCUT2D eigenvalue weighted by Crippen LogP contribution is -2.26. The third kappa shape index (κ3) is 3.33. The second kappa shape index (κ2) is 7.98. The number of aromatic amines is 1. The van der Waals surface area contributed by atoms with Crippen molar-refractivity contribution in [2.45, 2.75) is 38.8 Å². The third-order valence-corrected chi connectivity index (χ3v) is 6.40. The Bertz CT molecular complexity index is 1420. The number of hydrogen-bond donors (Lipinski definition) is 3. The van der Waals surface area contributed by atoms with Crippen LogP contribution in [0.2, 0.25) is 5.02 Å². The highest BCUT2D eigenvalue weighted by molar-refractivity contribution is 6.35. The molecular formula is C24H25ClN6O. The molecule has 1 aliphatic rings. The van der Waals surface area contributed by atoms with Crippen LogP contribution in [0.3, 0.4) is 0 Å². The first-order chi connectivity index (χ1) is 15.5. The zero-order chi connectivity index (χ0) is 22.4. The van der Waals surface area contributed by atoms with Crippen molar-refractivity contribution >= 4 is 44.9 Å². The molecule has 8 heteroatoms. The lowest BCUT2D eigenvalue weighted by molar-refractivity contribution is 0.636. The number of pyridine rings is 1. The summed E-state index contributed by atoms with van der Waals surface area (Å²) in [6, 6.07) is 7.72. The van der Waals surface area contributed by atoms with Gasteiger partial charge < -0.3 is 20.2 Å². The summed E-state index contributed by atoms with van der Waals surface area (Å²) in [4.78, 5) is 25.6. The topological polar surface area (TPSA) is 87.6 Å². The smallest absolute Gasteiger partial charge is 0.260 e. The maximum absolute atomic E-state index is 13.4. The summed E-state index contributed by atoms with van der Waals surface area (Å²) in [7, 11) is 1.89. The quantitative estimate of drug-likeness (QED) is 0.385. The Kier molecular flexibility index (Phi) is 5.13. The van der Waals surface area contributed by atoms with Crippen LogP contribution in [0.1, 0.15) is 50.0 Å². The number of halogens is 1. The van der Waals surface area contributed by atoms with Crippen LogP contribution < -0.4 is 16.2 Å². The molecule has 0 unspecified atom stereocenters. The molecule has 0 spiro atoms. The van der Waals surface area contributed by atoms with Gasteiger partial charge >= 0.3 is 0 Å². The minimum Gasteiger partial charge on any atom is -0.388 e. The number of fused-ring (bicyclic) bond motifs is 2. The van der Waals surface area contributed by atoms with Crippen molar-refractivity contribution in [2.24, 2.45) is 0 Å². The first-order valence-electron chi connectivity index (χ1n) is 10.8. The number of anilines is 1. The van der Waals surface area contributed by atoms with Crippen molar-refractivity contribution in [3.05, 3.63) is 69.5 Å². The predicted octanol–water partition coefficient (Wildman–Crippen LogP) is 5.01. The van der Waals surface area contributed by atoms with Gasteiger partial charge in [0.2, 0.25) is 0 Å². The van der Waals surface area contributed by atoms with Crippen molar-refractivity contribution in [3.8, 4) is 0 Å². The van der Waals surface area contributed by atoms with E-state index >= 15 is 0 Å². The van der Waals surface area contributed by atoms with Crippen LogP contribution in [-0.2, 0) is 0 Å². The van der Waals surface area contributed by atoms with Gasteiger partial charge in [-0.25, -0.2) is 9.97 Å². The Labute approximate surface area is 190 Å². The van der Waals surface area contributed by atoms with Gasteiger partial charge in [-0.15, -0.1) is 0 Å². The standard InChI is InChI=1S/C24H25ClN6O/c1-4-18(26-3)16-11-27-22-21(16)23(29-12-28-22)30-13(2)19-10-14-6-5-7-17(25)20(14)24(32)31(19)15-8-9-15/h4-7,10-13,15,26H,8-9H2,1-3H3,(H2,27,28,29,30)/b18-4+/t13-/m0/s1. The van der Waals surface area contributed by atoms with Crippen molar-refractivity contribution < 1.29 is 0 Å². The molecule has 32 heavy (non-hydrogen) atoms. The average Bonchev–Trinajstić information content (AvgIpc) is 3.53. The maximum atomic E-state index is 13.4. The number of allylic oxidation sites excluding steroid dienone is 1. The molecule has 1 aliphatic carbocycles. The van der Waals surface area contributed by atoms with Gasteiger partial charge in [-0.1, -0.05) is 29.8 Å².